The van der Waals surface area contributed by atoms with Crippen molar-refractivity contribution in [1.29, 1.82) is 5.26 Å². The highest BCUT2D eigenvalue weighted by Crippen LogP contribution is 2.38. The molecule has 10 heavy (non-hydrogen) atoms. The lowest BCUT2D eigenvalue weighted by molar-refractivity contribution is 0.514. The molecule has 2 aliphatic carbocycles. The van der Waals surface area contributed by atoms with Gasteiger partial charge in [0.1, 0.15) is 0 Å². The zero-order chi connectivity index (χ0) is 6.97. The number of allylic oxidation sites excluding steroid dienone is 1. The van der Waals surface area contributed by atoms with Gasteiger partial charge in [-0.3, -0.25) is 0 Å². The molecule has 1 fully saturated rings. The third-order valence-corrected chi connectivity index (χ3v) is 2.53. The standard InChI is InChI=1S/C8H10N2/c9-5-10-8-4-6-1-2-7(8)3-6/h1-2,6-8,10H,3-4H2. The van der Waals surface area contributed by atoms with Crippen LogP contribution in [-0.4, -0.2) is 6.04 Å². The van der Waals surface area contributed by atoms with E-state index in [1.54, 1.807) is 0 Å². The van der Waals surface area contributed by atoms with Gasteiger partial charge in [0.25, 0.3) is 0 Å². The smallest absolute Gasteiger partial charge is 0.176 e. The van der Waals surface area contributed by atoms with Gasteiger partial charge in [0, 0.05) is 6.04 Å². The summed E-state index contributed by atoms with van der Waals surface area (Å²) < 4.78 is 0. The number of hydrogen-bond donors (Lipinski definition) is 1. The molecule has 0 aromatic heterocycles. The SMILES string of the molecule is N#CNC1CC2C=CC1C2. The summed E-state index contributed by atoms with van der Waals surface area (Å²) in [6, 6.07) is 0.444. The van der Waals surface area contributed by atoms with Gasteiger partial charge in [0.15, 0.2) is 6.19 Å². The molecule has 0 amide bonds. The van der Waals surface area contributed by atoms with Gasteiger partial charge in [-0.15, -0.1) is 0 Å². The van der Waals surface area contributed by atoms with Crippen LogP contribution in [0.15, 0.2) is 12.2 Å². The van der Waals surface area contributed by atoms with Gasteiger partial charge in [0.2, 0.25) is 0 Å². The van der Waals surface area contributed by atoms with E-state index in [1.807, 2.05) is 6.19 Å². The minimum atomic E-state index is 0.444. The Bertz CT molecular complexity index is 202. The van der Waals surface area contributed by atoms with Crippen LogP contribution in [0.5, 0.6) is 0 Å². The molecule has 3 unspecified atom stereocenters. The summed E-state index contributed by atoms with van der Waals surface area (Å²) in [4.78, 5) is 0. The van der Waals surface area contributed by atoms with Crippen molar-refractivity contribution in [3.63, 3.8) is 0 Å². The highest BCUT2D eigenvalue weighted by molar-refractivity contribution is 5.13. The molecule has 2 bridgehead atoms. The Morgan fingerprint density at radius 2 is 2.30 bits per heavy atom. The number of fused-ring (bicyclic) bond motifs is 2. The first-order valence-corrected chi connectivity index (χ1v) is 3.73. The second kappa shape index (κ2) is 2.02. The van der Waals surface area contributed by atoms with Gasteiger partial charge in [-0.25, -0.2) is 0 Å². The summed E-state index contributed by atoms with van der Waals surface area (Å²) in [6.45, 7) is 0. The average molecular weight is 134 g/mol. The van der Waals surface area contributed by atoms with E-state index in [0.717, 1.165) is 12.3 Å². The second-order valence-electron chi connectivity index (χ2n) is 3.14. The Hall–Kier alpha value is -0.970. The third kappa shape index (κ3) is 0.706. The number of rotatable bonds is 1. The van der Waals surface area contributed by atoms with E-state index in [9.17, 15) is 0 Å². The Morgan fingerprint density at radius 1 is 1.40 bits per heavy atom. The fraction of sp³-hybridized carbons (Fsp3) is 0.625. The summed E-state index contributed by atoms with van der Waals surface area (Å²) in [6.07, 6.45) is 8.95. The molecule has 2 aliphatic rings. The molecule has 2 rings (SSSR count). The average Bonchev–Trinajstić information content (AvgIpc) is 2.48. The van der Waals surface area contributed by atoms with Crippen LogP contribution in [-0.2, 0) is 0 Å². The Morgan fingerprint density at radius 3 is 2.80 bits per heavy atom. The zero-order valence-electron chi connectivity index (χ0n) is 5.75. The second-order valence-corrected chi connectivity index (χ2v) is 3.14. The predicted molar refractivity (Wildman–Crippen MR) is 37.9 cm³/mol. The molecule has 0 saturated heterocycles. The maximum Gasteiger partial charge on any atom is 0.176 e. The van der Waals surface area contributed by atoms with Crippen molar-refractivity contribution in [2.24, 2.45) is 11.8 Å². The first kappa shape index (κ1) is 5.79. The van der Waals surface area contributed by atoms with E-state index in [-0.39, 0.29) is 0 Å². The molecule has 0 spiro atoms. The lowest BCUT2D eigenvalue weighted by atomic mass is 10.0. The maximum absolute atomic E-state index is 8.37. The molecular weight excluding hydrogens is 124 g/mol. The molecule has 0 aliphatic heterocycles. The summed E-state index contributed by atoms with van der Waals surface area (Å²) in [5.41, 5.74) is 0. The molecule has 0 aromatic carbocycles. The first-order chi connectivity index (χ1) is 4.90. The number of nitrogens with zero attached hydrogens (tertiary/aromatic N) is 1. The molecule has 52 valence electrons. The van der Waals surface area contributed by atoms with Gasteiger partial charge in [-0.05, 0) is 24.7 Å². The number of nitrogens with one attached hydrogen (secondary N) is 1. The summed E-state index contributed by atoms with van der Waals surface area (Å²) >= 11 is 0. The van der Waals surface area contributed by atoms with Crippen molar-refractivity contribution >= 4 is 0 Å². The molecule has 0 radical (unpaired) electrons. The summed E-state index contributed by atoms with van der Waals surface area (Å²) in [5, 5.41) is 11.2. The van der Waals surface area contributed by atoms with Crippen molar-refractivity contribution in [2.75, 3.05) is 0 Å². The summed E-state index contributed by atoms with van der Waals surface area (Å²) in [5.74, 6) is 1.40. The molecule has 1 saturated carbocycles. The van der Waals surface area contributed by atoms with Crippen LogP contribution in [0.2, 0.25) is 0 Å². The minimum Gasteiger partial charge on any atom is -0.320 e. The fourth-order valence-electron chi connectivity index (χ4n) is 2.03. The molecule has 0 aromatic rings. The van der Waals surface area contributed by atoms with Crippen LogP contribution in [0.4, 0.5) is 0 Å². The van der Waals surface area contributed by atoms with Crippen LogP contribution < -0.4 is 5.32 Å². The van der Waals surface area contributed by atoms with E-state index in [2.05, 4.69) is 17.5 Å². The fourth-order valence-corrected chi connectivity index (χ4v) is 2.03. The van der Waals surface area contributed by atoms with Crippen LogP contribution in [0, 0.1) is 23.3 Å². The van der Waals surface area contributed by atoms with E-state index < -0.39 is 0 Å². The lowest BCUT2D eigenvalue weighted by Gasteiger charge is -2.14. The zero-order valence-corrected chi connectivity index (χ0v) is 5.75. The highest BCUT2D eigenvalue weighted by atomic mass is 14.9. The Kier molecular flexibility index (Phi) is 1.17. The van der Waals surface area contributed by atoms with E-state index >= 15 is 0 Å². The van der Waals surface area contributed by atoms with Crippen LogP contribution in [0.25, 0.3) is 0 Å². The first-order valence-electron chi connectivity index (χ1n) is 3.73. The molecule has 0 heterocycles. The normalized spacial score (nSPS) is 41.7. The Balaban J connectivity index is 2.04. The molecular formula is C8H10N2. The van der Waals surface area contributed by atoms with Crippen LogP contribution >= 0.6 is 0 Å². The van der Waals surface area contributed by atoms with Gasteiger partial charge in [-0.1, -0.05) is 12.2 Å². The van der Waals surface area contributed by atoms with Gasteiger partial charge in [-0.2, -0.15) is 5.26 Å². The Labute approximate surface area is 60.5 Å². The van der Waals surface area contributed by atoms with E-state index in [4.69, 9.17) is 5.26 Å². The van der Waals surface area contributed by atoms with Crippen molar-refractivity contribution in [3.05, 3.63) is 12.2 Å². The molecule has 2 nitrogen and oxygen atoms in total. The monoisotopic (exact) mass is 134 g/mol. The molecule has 2 heteroatoms. The lowest BCUT2D eigenvalue weighted by Crippen LogP contribution is -2.28. The summed E-state index contributed by atoms with van der Waals surface area (Å²) in [7, 11) is 0. The molecule has 1 N–H and O–H groups in total. The van der Waals surface area contributed by atoms with Crippen LogP contribution in [0.3, 0.4) is 0 Å². The van der Waals surface area contributed by atoms with E-state index in [0.29, 0.717) is 12.0 Å². The van der Waals surface area contributed by atoms with E-state index in [1.165, 1.54) is 6.42 Å². The quantitative estimate of drug-likeness (QED) is 0.330. The topological polar surface area (TPSA) is 35.8 Å². The van der Waals surface area contributed by atoms with Gasteiger partial charge >= 0.3 is 0 Å². The maximum atomic E-state index is 8.37. The number of nitriles is 1. The third-order valence-electron chi connectivity index (χ3n) is 2.53. The van der Waals surface area contributed by atoms with Gasteiger partial charge in [0.05, 0.1) is 0 Å². The molecule has 3 atom stereocenters. The highest BCUT2D eigenvalue weighted by Gasteiger charge is 2.35. The van der Waals surface area contributed by atoms with Crippen LogP contribution in [0.1, 0.15) is 12.8 Å². The van der Waals surface area contributed by atoms with Crippen molar-refractivity contribution in [1.82, 2.24) is 5.32 Å². The predicted octanol–water partition coefficient (Wildman–Crippen LogP) is 1.02. The number of hydrogen-bond acceptors (Lipinski definition) is 2. The van der Waals surface area contributed by atoms with Crippen molar-refractivity contribution < 1.29 is 0 Å². The van der Waals surface area contributed by atoms with Crippen molar-refractivity contribution in [2.45, 2.75) is 18.9 Å². The largest absolute Gasteiger partial charge is 0.320 e. The van der Waals surface area contributed by atoms with Crippen molar-refractivity contribution in [3.8, 4) is 6.19 Å². The minimum absolute atomic E-state index is 0.444. The van der Waals surface area contributed by atoms with Gasteiger partial charge < -0.3 is 5.32 Å².